The van der Waals surface area contributed by atoms with Crippen LogP contribution in [0.25, 0.3) is 0 Å². The molecule has 0 N–H and O–H groups in total. The molecule has 4 heteroatoms. The second-order valence-electron chi connectivity index (χ2n) is 10.3. The van der Waals surface area contributed by atoms with E-state index in [1.165, 1.54) is 56.3 Å². The molecule has 0 aromatic heterocycles. The Kier molecular flexibility index (Phi) is 6.15. The van der Waals surface area contributed by atoms with Gasteiger partial charge in [-0.15, -0.1) is 0 Å². The van der Waals surface area contributed by atoms with Crippen LogP contribution in [0.15, 0.2) is 24.3 Å². The summed E-state index contributed by atoms with van der Waals surface area (Å²) in [5.74, 6) is 2.41. The van der Waals surface area contributed by atoms with Crippen LogP contribution in [-0.4, -0.2) is 61.1 Å². The second-order valence-corrected chi connectivity index (χ2v) is 10.3. The Morgan fingerprint density at radius 1 is 1.07 bits per heavy atom. The molecule has 1 aromatic carbocycles. The molecule has 5 rings (SSSR count). The van der Waals surface area contributed by atoms with Gasteiger partial charge >= 0.3 is 0 Å². The number of amides is 1. The van der Waals surface area contributed by atoms with E-state index in [9.17, 15) is 4.79 Å². The van der Waals surface area contributed by atoms with E-state index >= 15 is 0 Å². The molecule has 30 heavy (non-hydrogen) atoms. The zero-order valence-corrected chi connectivity index (χ0v) is 18.6. The highest BCUT2D eigenvalue weighted by Crippen LogP contribution is 2.45. The van der Waals surface area contributed by atoms with Crippen LogP contribution < -0.4 is 0 Å². The molecule has 3 aliphatic heterocycles. The van der Waals surface area contributed by atoms with Crippen LogP contribution in [0.4, 0.5) is 0 Å². The van der Waals surface area contributed by atoms with Crippen molar-refractivity contribution in [2.45, 2.75) is 63.8 Å². The van der Waals surface area contributed by atoms with E-state index in [0.29, 0.717) is 30.3 Å². The van der Waals surface area contributed by atoms with Crippen molar-refractivity contribution in [3.63, 3.8) is 0 Å². The highest BCUT2D eigenvalue weighted by atomic mass is 16.5. The summed E-state index contributed by atoms with van der Waals surface area (Å²) in [5, 5.41) is 0. The molecule has 4 fully saturated rings. The fourth-order valence-corrected chi connectivity index (χ4v) is 6.58. The molecule has 1 aliphatic carbocycles. The summed E-state index contributed by atoms with van der Waals surface area (Å²) in [6.07, 6.45) is 8.65. The van der Waals surface area contributed by atoms with Gasteiger partial charge in [0.05, 0.1) is 12.5 Å². The maximum absolute atomic E-state index is 12.9. The lowest BCUT2D eigenvalue weighted by atomic mass is 9.71. The Bertz CT molecular complexity index is 727. The maximum atomic E-state index is 12.9. The third kappa shape index (κ3) is 4.18. The Labute approximate surface area is 182 Å². The summed E-state index contributed by atoms with van der Waals surface area (Å²) < 4.78 is 5.47. The average Bonchev–Trinajstić information content (AvgIpc) is 3.52. The molecule has 5 atom stereocenters. The first kappa shape index (κ1) is 20.5. The van der Waals surface area contributed by atoms with Crippen LogP contribution in [0.3, 0.4) is 0 Å². The topological polar surface area (TPSA) is 32.8 Å². The van der Waals surface area contributed by atoms with Crippen LogP contribution >= 0.6 is 0 Å². The first-order valence-electron chi connectivity index (χ1n) is 12.4. The van der Waals surface area contributed by atoms with Gasteiger partial charge in [-0.25, -0.2) is 0 Å². The smallest absolute Gasteiger partial charge is 0.228 e. The first-order valence-corrected chi connectivity index (χ1v) is 12.4. The minimum atomic E-state index is 0.112. The first-order chi connectivity index (χ1) is 14.7. The fraction of sp³-hybridized carbons (Fsp3) is 0.731. The van der Waals surface area contributed by atoms with Crippen molar-refractivity contribution < 1.29 is 9.53 Å². The van der Waals surface area contributed by atoms with Gasteiger partial charge in [0.15, 0.2) is 0 Å². The quantitative estimate of drug-likeness (QED) is 0.733. The molecule has 4 nitrogen and oxygen atoms in total. The molecule has 0 bridgehead atoms. The molecule has 0 spiro atoms. The molecule has 164 valence electrons. The van der Waals surface area contributed by atoms with E-state index in [1.807, 2.05) is 0 Å². The number of likely N-dealkylation sites (tertiary alicyclic amines) is 2. The van der Waals surface area contributed by atoms with E-state index in [-0.39, 0.29) is 5.92 Å². The van der Waals surface area contributed by atoms with Crippen LogP contribution in [-0.2, 0) is 16.0 Å². The zero-order chi connectivity index (χ0) is 20.5. The van der Waals surface area contributed by atoms with Gasteiger partial charge < -0.3 is 14.5 Å². The molecule has 1 saturated carbocycles. The monoisotopic (exact) mass is 410 g/mol. The fourth-order valence-electron chi connectivity index (χ4n) is 6.58. The van der Waals surface area contributed by atoms with Crippen LogP contribution in [0, 0.1) is 17.8 Å². The van der Waals surface area contributed by atoms with E-state index in [2.05, 4.69) is 41.0 Å². The minimum absolute atomic E-state index is 0.112. The molecule has 3 heterocycles. The van der Waals surface area contributed by atoms with Crippen LogP contribution in [0.5, 0.6) is 0 Å². The largest absolute Gasteiger partial charge is 0.381 e. The SMILES string of the molecule is C[C@@H]1CCCN1CCc1ccc(C2CCC[C@@H]3CN(C(=O)C4CCOC4)C[C@H]23)cc1. The van der Waals surface area contributed by atoms with Gasteiger partial charge in [0.1, 0.15) is 0 Å². The standard InChI is InChI=1S/C26H38N2O2/c1-19-4-3-13-27(19)14-11-20-7-9-21(10-8-20)24-6-2-5-22-16-28(17-25(22)24)26(29)23-12-15-30-18-23/h7-10,19,22-25H,2-6,11-18H2,1H3/t19-,22-,23?,24?,25+/m1/s1. The molecule has 2 unspecified atom stereocenters. The second kappa shape index (κ2) is 9.00. The number of ether oxygens (including phenoxy) is 1. The Hall–Kier alpha value is -1.39. The number of carbonyl (C=O) groups is 1. The Morgan fingerprint density at radius 2 is 1.93 bits per heavy atom. The molecule has 3 saturated heterocycles. The lowest BCUT2D eigenvalue weighted by molar-refractivity contribution is -0.134. The van der Waals surface area contributed by atoms with Gasteiger partial charge in [-0.1, -0.05) is 30.7 Å². The summed E-state index contributed by atoms with van der Waals surface area (Å²) in [4.78, 5) is 17.7. The number of hydrogen-bond donors (Lipinski definition) is 0. The third-order valence-electron chi connectivity index (χ3n) is 8.48. The van der Waals surface area contributed by atoms with Gasteiger partial charge in [-0.3, -0.25) is 4.79 Å². The van der Waals surface area contributed by atoms with Crippen molar-refractivity contribution in [3.8, 4) is 0 Å². The minimum Gasteiger partial charge on any atom is -0.381 e. The van der Waals surface area contributed by atoms with Crippen molar-refractivity contribution in [2.75, 3.05) is 39.4 Å². The van der Waals surface area contributed by atoms with Gasteiger partial charge in [0, 0.05) is 32.3 Å². The number of benzene rings is 1. The van der Waals surface area contributed by atoms with E-state index in [1.54, 1.807) is 0 Å². The molecule has 4 aliphatic rings. The van der Waals surface area contributed by atoms with Crippen LogP contribution in [0.2, 0.25) is 0 Å². The van der Waals surface area contributed by atoms with Crippen molar-refractivity contribution in [1.29, 1.82) is 0 Å². The number of carbonyl (C=O) groups excluding carboxylic acids is 1. The van der Waals surface area contributed by atoms with Crippen molar-refractivity contribution in [2.24, 2.45) is 17.8 Å². The summed E-state index contributed by atoms with van der Waals surface area (Å²) in [6.45, 7) is 8.14. The molecular weight excluding hydrogens is 372 g/mol. The summed E-state index contributed by atoms with van der Waals surface area (Å²) in [5.41, 5.74) is 2.97. The molecular formula is C26H38N2O2. The van der Waals surface area contributed by atoms with E-state index < -0.39 is 0 Å². The highest BCUT2D eigenvalue weighted by molar-refractivity contribution is 5.79. The lowest BCUT2D eigenvalue weighted by Crippen LogP contribution is -2.35. The van der Waals surface area contributed by atoms with Gasteiger partial charge in [0.25, 0.3) is 0 Å². The Morgan fingerprint density at radius 3 is 2.67 bits per heavy atom. The van der Waals surface area contributed by atoms with Crippen molar-refractivity contribution in [3.05, 3.63) is 35.4 Å². The van der Waals surface area contributed by atoms with E-state index in [4.69, 9.17) is 4.74 Å². The van der Waals surface area contributed by atoms with Crippen molar-refractivity contribution >= 4 is 5.91 Å². The number of hydrogen-bond acceptors (Lipinski definition) is 3. The van der Waals surface area contributed by atoms with Crippen molar-refractivity contribution in [1.82, 2.24) is 9.80 Å². The predicted molar refractivity (Wildman–Crippen MR) is 119 cm³/mol. The number of nitrogens with zero attached hydrogens (tertiary/aromatic N) is 2. The van der Waals surface area contributed by atoms with E-state index in [0.717, 1.165) is 38.6 Å². The zero-order valence-electron chi connectivity index (χ0n) is 18.6. The van der Waals surface area contributed by atoms with Gasteiger partial charge in [0.2, 0.25) is 5.91 Å². The molecule has 1 aromatic rings. The highest BCUT2D eigenvalue weighted by Gasteiger charge is 2.43. The number of fused-ring (bicyclic) bond motifs is 1. The predicted octanol–water partition coefficient (Wildman–Crippen LogP) is 4.09. The normalized spacial score (nSPS) is 34.4. The maximum Gasteiger partial charge on any atom is 0.228 e. The molecule has 1 amide bonds. The average molecular weight is 411 g/mol. The van der Waals surface area contributed by atoms with Gasteiger partial charge in [-0.05, 0) is 80.9 Å². The Balaban J connectivity index is 1.21. The van der Waals surface area contributed by atoms with Crippen LogP contribution in [0.1, 0.15) is 62.5 Å². The van der Waals surface area contributed by atoms with Gasteiger partial charge in [-0.2, -0.15) is 0 Å². The summed E-state index contributed by atoms with van der Waals surface area (Å²) >= 11 is 0. The molecule has 0 radical (unpaired) electrons. The number of rotatable bonds is 5. The third-order valence-corrected chi connectivity index (χ3v) is 8.48. The summed E-state index contributed by atoms with van der Waals surface area (Å²) in [7, 11) is 0. The summed E-state index contributed by atoms with van der Waals surface area (Å²) in [6, 6.07) is 10.3. The lowest BCUT2D eigenvalue weighted by Gasteiger charge is -2.33.